The molecule has 1 fully saturated rings. The predicted molar refractivity (Wildman–Crippen MR) is 115 cm³/mol. The number of nitrogens with zero attached hydrogens (tertiary/aromatic N) is 4. The molecule has 1 unspecified atom stereocenters. The number of anilines is 1. The number of benzene rings is 1. The maximum Gasteiger partial charge on any atom is 0.193 e. The highest BCUT2D eigenvalue weighted by Crippen LogP contribution is 2.18. The molecular formula is C22H31N5O. The smallest absolute Gasteiger partial charge is 0.193 e. The third-order valence-corrected chi connectivity index (χ3v) is 4.98. The summed E-state index contributed by atoms with van der Waals surface area (Å²) in [7, 11) is 5.85. The quantitative estimate of drug-likeness (QED) is 0.590. The van der Waals surface area contributed by atoms with Crippen LogP contribution in [0.2, 0.25) is 0 Å². The summed E-state index contributed by atoms with van der Waals surface area (Å²) in [6, 6.07) is 14.5. The second kappa shape index (κ2) is 10.1. The molecule has 1 aromatic carbocycles. The van der Waals surface area contributed by atoms with E-state index in [1.807, 2.05) is 44.4 Å². The van der Waals surface area contributed by atoms with E-state index in [1.54, 1.807) is 0 Å². The van der Waals surface area contributed by atoms with Crippen LogP contribution in [-0.2, 0) is 17.9 Å². The number of rotatable bonds is 7. The zero-order valence-corrected chi connectivity index (χ0v) is 17.1. The summed E-state index contributed by atoms with van der Waals surface area (Å²) in [6.07, 6.45) is 2.99. The van der Waals surface area contributed by atoms with Crippen molar-refractivity contribution in [2.24, 2.45) is 10.9 Å². The first-order valence-electron chi connectivity index (χ1n) is 9.85. The molecule has 0 aliphatic carbocycles. The van der Waals surface area contributed by atoms with Crippen LogP contribution in [0.3, 0.4) is 0 Å². The van der Waals surface area contributed by atoms with Crippen LogP contribution in [0.4, 0.5) is 5.82 Å². The van der Waals surface area contributed by atoms with Crippen molar-refractivity contribution in [2.75, 3.05) is 45.7 Å². The minimum atomic E-state index is 0.545. The summed E-state index contributed by atoms with van der Waals surface area (Å²) in [5.41, 5.74) is 2.42. The number of aromatic nitrogens is 1. The predicted octanol–water partition coefficient (Wildman–Crippen LogP) is 2.76. The standard InChI is InChI=1S/C22H31N5O/c1-23-22(25-14-19-9-11-24-21(13-19)26(2)3)27-12-10-20(15-27)17-28-16-18-7-5-4-6-8-18/h4-9,11,13,20H,10,12,14-17H2,1-3H3,(H,23,25). The maximum atomic E-state index is 5.93. The lowest BCUT2D eigenvalue weighted by Crippen LogP contribution is -2.39. The Morgan fingerprint density at radius 2 is 2.07 bits per heavy atom. The lowest BCUT2D eigenvalue weighted by molar-refractivity contribution is 0.0906. The van der Waals surface area contributed by atoms with Gasteiger partial charge in [0.2, 0.25) is 0 Å². The van der Waals surface area contributed by atoms with Gasteiger partial charge in [-0.3, -0.25) is 4.99 Å². The number of ether oxygens (including phenoxy) is 1. The van der Waals surface area contributed by atoms with E-state index >= 15 is 0 Å². The first-order valence-corrected chi connectivity index (χ1v) is 9.85. The maximum absolute atomic E-state index is 5.93. The van der Waals surface area contributed by atoms with Gasteiger partial charge in [0.25, 0.3) is 0 Å². The van der Waals surface area contributed by atoms with Gasteiger partial charge in [-0.05, 0) is 29.7 Å². The molecule has 3 rings (SSSR count). The first kappa shape index (κ1) is 20.1. The second-order valence-electron chi connectivity index (χ2n) is 7.42. The molecule has 1 aromatic heterocycles. The van der Waals surface area contributed by atoms with Gasteiger partial charge in [0.05, 0.1) is 13.2 Å². The molecule has 1 N–H and O–H groups in total. The fraction of sp³-hybridized carbons (Fsp3) is 0.455. The first-order chi connectivity index (χ1) is 13.7. The Bertz CT molecular complexity index is 763. The van der Waals surface area contributed by atoms with Crippen molar-refractivity contribution in [3.8, 4) is 0 Å². The highest BCUT2D eigenvalue weighted by Gasteiger charge is 2.25. The number of likely N-dealkylation sites (tertiary alicyclic amines) is 1. The Morgan fingerprint density at radius 1 is 1.25 bits per heavy atom. The Kier molecular flexibility index (Phi) is 7.25. The SMILES string of the molecule is CN=C(NCc1ccnc(N(C)C)c1)N1CCC(COCc2ccccc2)C1. The molecule has 2 aromatic rings. The minimum Gasteiger partial charge on any atom is -0.376 e. The van der Waals surface area contributed by atoms with Crippen molar-refractivity contribution >= 4 is 11.8 Å². The molecule has 28 heavy (non-hydrogen) atoms. The van der Waals surface area contributed by atoms with E-state index in [-0.39, 0.29) is 0 Å². The van der Waals surface area contributed by atoms with Crippen LogP contribution < -0.4 is 10.2 Å². The molecule has 150 valence electrons. The molecule has 2 heterocycles. The van der Waals surface area contributed by atoms with Crippen LogP contribution in [0.1, 0.15) is 17.5 Å². The highest BCUT2D eigenvalue weighted by molar-refractivity contribution is 5.80. The van der Waals surface area contributed by atoms with Gasteiger partial charge < -0.3 is 19.9 Å². The topological polar surface area (TPSA) is 53.0 Å². The van der Waals surface area contributed by atoms with Crippen LogP contribution in [0.15, 0.2) is 53.7 Å². The summed E-state index contributed by atoms with van der Waals surface area (Å²) >= 11 is 0. The molecule has 0 saturated carbocycles. The third kappa shape index (κ3) is 5.70. The normalized spacial score (nSPS) is 17.0. The van der Waals surface area contributed by atoms with Gasteiger partial charge >= 0.3 is 0 Å². The Morgan fingerprint density at radius 3 is 2.82 bits per heavy atom. The van der Waals surface area contributed by atoms with Gasteiger partial charge in [-0.1, -0.05) is 30.3 Å². The highest BCUT2D eigenvalue weighted by atomic mass is 16.5. The number of pyridine rings is 1. The summed E-state index contributed by atoms with van der Waals surface area (Å²) in [5, 5.41) is 3.49. The second-order valence-corrected chi connectivity index (χ2v) is 7.42. The zero-order chi connectivity index (χ0) is 19.8. The molecule has 6 heteroatoms. The Balaban J connectivity index is 1.44. The van der Waals surface area contributed by atoms with Crippen molar-refractivity contribution in [1.82, 2.24) is 15.2 Å². The van der Waals surface area contributed by atoms with Crippen molar-refractivity contribution in [3.63, 3.8) is 0 Å². The number of hydrogen-bond acceptors (Lipinski definition) is 4. The van der Waals surface area contributed by atoms with Gasteiger partial charge in [0.1, 0.15) is 5.82 Å². The minimum absolute atomic E-state index is 0.545. The van der Waals surface area contributed by atoms with Crippen LogP contribution in [0.5, 0.6) is 0 Å². The average molecular weight is 382 g/mol. The Labute approximate surface area is 168 Å². The Hall–Kier alpha value is -2.60. The molecule has 6 nitrogen and oxygen atoms in total. The third-order valence-electron chi connectivity index (χ3n) is 4.98. The molecule has 0 bridgehead atoms. The lowest BCUT2D eigenvalue weighted by Gasteiger charge is -2.22. The summed E-state index contributed by atoms with van der Waals surface area (Å²) in [6.45, 7) is 4.20. The molecule has 0 amide bonds. The van der Waals surface area contributed by atoms with E-state index in [0.717, 1.165) is 44.4 Å². The van der Waals surface area contributed by atoms with Crippen LogP contribution >= 0.6 is 0 Å². The average Bonchev–Trinajstić information content (AvgIpc) is 3.18. The van der Waals surface area contributed by atoms with Crippen LogP contribution in [0, 0.1) is 5.92 Å². The fourth-order valence-electron chi connectivity index (χ4n) is 3.41. The van der Waals surface area contributed by atoms with Crippen LogP contribution in [-0.4, -0.2) is 56.7 Å². The van der Waals surface area contributed by atoms with E-state index in [2.05, 4.69) is 50.5 Å². The number of nitrogens with one attached hydrogen (secondary N) is 1. The molecule has 1 atom stereocenters. The molecule has 1 saturated heterocycles. The molecular weight excluding hydrogens is 350 g/mol. The van der Waals surface area contributed by atoms with Gasteiger partial charge in [0.15, 0.2) is 5.96 Å². The number of hydrogen-bond donors (Lipinski definition) is 1. The van der Waals surface area contributed by atoms with Crippen molar-refractivity contribution in [2.45, 2.75) is 19.6 Å². The van der Waals surface area contributed by atoms with Gasteiger partial charge in [-0.2, -0.15) is 0 Å². The van der Waals surface area contributed by atoms with E-state index in [1.165, 1.54) is 11.1 Å². The van der Waals surface area contributed by atoms with Crippen molar-refractivity contribution < 1.29 is 4.74 Å². The number of guanidine groups is 1. The summed E-state index contributed by atoms with van der Waals surface area (Å²) in [4.78, 5) is 13.2. The van der Waals surface area contributed by atoms with Crippen molar-refractivity contribution in [1.29, 1.82) is 0 Å². The number of aliphatic imine (C=N–C) groups is 1. The lowest BCUT2D eigenvalue weighted by atomic mass is 10.1. The molecule has 1 aliphatic heterocycles. The van der Waals surface area contributed by atoms with Crippen molar-refractivity contribution in [3.05, 3.63) is 59.8 Å². The largest absolute Gasteiger partial charge is 0.376 e. The van der Waals surface area contributed by atoms with Gasteiger partial charge in [0, 0.05) is 52.9 Å². The monoisotopic (exact) mass is 381 g/mol. The molecule has 0 radical (unpaired) electrons. The van der Waals surface area contributed by atoms with E-state index in [0.29, 0.717) is 12.5 Å². The summed E-state index contributed by atoms with van der Waals surface area (Å²) < 4.78 is 5.93. The fourth-order valence-corrected chi connectivity index (χ4v) is 3.41. The van der Waals surface area contributed by atoms with E-state index in [4.69, 9.17) is 4.74 Å². The van der Waals surface area contributed by atoms with E-state index < -0.39 is 0 Å². The van der Waals surface area contributed by atoms with Gasteiger partial charge in [-0.25, -0.2) is 4.98 Å². The summed E-state index contributed by atoms with van der Waals surface area (Å²) in [5.74, 6) is 2.46. The van der Waals surface area contributed by atoms with Gasteiger partial charge in [-0.15, -0.1) is 0 Å². The molecule has 1 aliphatic rings. The van der Waals surface area contributed by atoms with E-state index in [9.17, 15) is 0 Å². The van der Waals surface area contributed by atoms with Crippen LogP contribution in [0.25, 0.3) is 0 Å². The molecule has 0 spiro atoms. The zero-order valence-electron chi connectivity index (χ0n) is 17.1.